The number of hydrogen-bond acceptors (Lipinski definition) is 3. The highest BCUT2D eigenvalue weighted by Crippen LogP contribution is 2.19. The van der Waals surface area contributed by atoms with Gasteiger partial charge in [-0.15, -0.1) is 0 Å². The first-order valence-corrected chi connectivity index (χ1v) is 6.70. The highest BCUT2D eigenvalue weighted by molar-refractivity contribution is 5.81. The summed E-state index contributed by atoms with van der Waals surface area (Å²) >= 11 is 0. The molecule has 0 spiro atoms. The van der Waals surface area contributed by atoms with Gasteiger partial charge in [-0.3, -0.25) is 9.69 Å². The standard InChI is InChI=1S/C13H26N2O2/c1-10(2)6-7-14-13(17)11(3)15-8-4-5-12(15)9-16/h10-12,16H,4-9H2,1-3H3,(H,14,17)/t11?,12-/m1/s1. The van der Waals surface area contributed by atoms with Crippen molar-refractivity contribution in [2.75, 3.05) is 19.7 Å². The first-order valence-electron chi connectivity index (χ1n) is 6.70. The molecule has 1 saturated heterocycles. The van der Waals surface area contributed by atoms with E-state index in [1.165, 1.54) is 0 Å². The summed E-state index contributed by atoms with van der Waals surface area (Å²) in [4.78, 5) is 14.1. The van der Waals surface area contributed by atoms with Gasteiger partial charge >= 0.3 is 0 Å². The molecule has 1 amide bonds. The molecule has 0 bridgehead atoms. The Balaban J connectivity index is 2.35. The summed E-state index contributed by atoms with van der Waals surface area (Å²) in [7, 11) is 0. The van der Waals surface area contributed by atoms with Crippen LogP contribution in [-0.2, 0) is 4.79 Å². The highest BCUT2D eigenvalue weighted by atomic mass is 16.3. The van der Waals surface area contributed by atoms with Gasteiger partial charge in [0.2, 0.25) is 5.91 Å². The van der Waals surface area contributed by atoms with Crippen molar-refractivity contribution in [2.45, 2.75) is 52.1 Å². The van der Waals surface area contributed by atoms with Crippen molar-refractivity contribution in [3.8, 4) is 0 Å². The Bertz CT molecular complexity index is 244. The first-order chi connectivity index (χ1) is 8.06. The summed E-state index contributed by atoms with van der Waals surface area (Å²) in [5, 5.41) is 12.2. The minimum Gasteiger partial charge on any atom is -0.395 e. The van der Waals surface area contributed by atoms with Crippen LogP contribution in [0.15, 0.2) is 0 Å². The molecule has 0 aliphatic carbocycles. The van der Waals surface area contributed by atoms with Crippen LogP contribution >= 0.6 is 0 Å². The summed E-state index contributed by atoms with van der Waals surface area (Å²) in [6, 6.07) is 0.0441. The summed E-state index contributed by atoms with van der Waals surface area (Å²) in [5.41, 5.74) is 0. The van der Waals surface area contributed by atoms with Crippen LogP contribution in [0.4, 0.5) is 0 Å². The summed E-state index contributed by atoms with van der Waals surface area (Å²) in [6.45, 7) is 8.06. The zero-order valence-electron chi connectivity index (χ0n) is 11.3. The van der Waals surface area contributed by atoms with Crippen molar-refractivity contribution in [3.63, 3.8) is 0 Å². The smallest absolute Gasteiger partial charge is 0.237 e. The molecule has 100 valence electrons. The Morgan fingerprint density at radius 3 is 2.76 bits per heavy atom. The molecule has 0 aromatic carbocycles. The van der Waals surface area contributed by atoms with E-state index in [0.717, 1.165) is 32.4 Å². The van der Waals surface area contributed by atoms with Crippen LogP contribution < -0.4 is 5.32 Å². The van der Waals surface area contributed by atoms with E-state index >= 15 is 0 Å². The van der Waals surface area contributed by atoms with Gasteiger partial charge < -0.3 is 10.4 Å². The van der Waals surface area contributed by atoms with Crippen molar-refractivity contribution in [3.05, 3.63) is 0 Å². The average Bonchev–Trinajstić information content (AvgIpc) is 2.75. The summed E-state index contributed by atoms with van der Waals surface area (Å²) < 4.78 is 0. The largest absolute Gasteiger partial charge is 0.395 e. The Kier molecular flexibility index (Phi) is 5.92. The van der Waals surface area contributed by atoms with Crippen LogP contribution in [0.5, 0.6) is 0 Å². The maximum Gasteiger partial charge on any atom is 0.237 e. The average molecular weight is 242 g/mol. The summed E-state index contributed by atoms with van der Waals surface area (Å²) in [6.07, 6.45) is 3.09. The van der Waals surface area contributed by atoms with Gasteiger partial charge in [0.05, 0.1) is 12.6 Å². The number of aliphatic hydroxyl groups is 1. The van der Waals surface area contributed by atoms with Gasteiger partial charge in [0.1, 0.15) is 0 Å². The van der Waals surface area contributed by atoms with Crippen LogP contribution in [0.3, 0.4) is 0 Å². The quantitative estimate of drug-likeness (QED) is 0.730. The number of carbonyl (C=O) groups is 1. The van der Waals surface area contributed by atoms with E-state index in [0.29, 0.717) is 5.92 Å². The van der Waals surface area contributed by atoms with E-state index in [9.17, 15) is 9.90 Å². The number of nitrogens with one attached hydrogen (secondary N) is 1. The summed E-state index contributed by atoms with van der Waals surface area (Å²) in [5.74, 6) is 0.702. The van der Waals surface area contributed by atoms with Gasteiger partial charge in [0.25, 0.3) is 0 Å². The molecule has 0 aromatic heterocycles. The molecule has 1 unspecified atom stereocenters. The second-order valence-corrected chi connectivity index (χ2v) is 5.37. The van der Waals surface area contributed by atoms with E-state index in [2.05, 4.69) is 24.1 Å². The van der Waals surface area contributed by atoms with E-state index < -0.39 is 0 Å². The number of rotatable bonds is 6. The van der Waals surface area contributed by atoms with Crippen molar-refractivity contribution in [1.82, 2.24) is 10.2 Å². The van der Waals surface area contributed by atoms with E-state index in [-0.39, 0.29) is 24.6 Å². The van der Waals surface area contributed by atoms with Crippen LogP contribution in [0.1, 0.15) is 40.0 Å². The van der Waals surface area contributed by atoms with E-state index in [1.54, 1.807) is 0 Å². The molecule has 4 heteroatoms. The van der Waals surface area contributed by atoms with Crippen molar-refractivity contribution >= 4 is 5.91 Å². The Labute approximate surface area is 104 Å². The number of hydrogen-bond donors (Lipinski definition) is 2. The number of carbonyl (C=O) groups excluding carboxylic acids is 1. The molecule has 0 aromatic rings. The number of aliphatic hydroxyl groups excluding tert-OH is 1. The Morgan fingerprint density at radius 1 is 1.47 bits per heavy atom. The molecule has 1 aliphatic rings. The normalized spacial score (nSPS) is 23.0. The minimum atomic E-state index is -0.123. The molecule has 1 fully saturated rings. The second-order valence-electron chi connectivity index (χ2n) is 5.37. The van der Waals surface area contributed by atoms with Crippen LogP contribution in [0, 0.1) is 5.92 Å². The second kappa shape index (κ2) is 6.97. The van der Waals surface area contributed by atoms with Crippen LogP contribution in [-0.4, -0.2) is 47.7 Å². The fourth-order valence-electron chi connectivity index (χ4n) is 2.35. The minimum absolute atomic E-state index is 0.0889. The fraction of sp³-hybridized carbons (Fsp3) is 0.923. The fourth-order valence-corrected chi connectivity index (χ4v) is 2.35. The SMILES string of the molecule is CC(C)CCNC(=O)C(C)N1CCC[C@@H]1CO. The molecule has 2 atom stereocenters. The third kappa shape index (κ3) is 4.28. The molecule has 1 heterocycles. The first kappa shape index (κ1) is 14.5. The molecule has 0 saturated carbocycles. The maximum atomic E-state index is 11.9. The maximum absolute atomic E-state index is 11.9. The van der Waals surface area contributed by atoms with Gasteiger partial charge in [-0.05, 0) is 38.6 Å². The van der Waals surface area contributed by atoms with Crippen molar-refractivity contribution in [1.29, 1.82) is 0 Å². The lowest BCUT2D eigenvalue weighted by atomic mass is 10.1. The van der Waals surface area contributed by atoms with E-state index in [1.807, 2.05) is 6.92 Å². The molecular formula is C13H26N2O2. The zero-order valence-corrected chi connectivity index (χ0v) is 11.3. The lowest BCUT2D eigenvalue weighted by molar-refractivity contribution is -0.126. The van der Waals surface area contributed by atoms with Gasteiger partial charge in [-0.1, -0.05) is 13.8 Å². The van der Waals surface area contributed by atoms with Crippen molar-refractivity contribution < 1.29 is 9.90 Å². The van der Waals surface area contributed by atoms with E-state index in [4.69, 9.17) is 0 Å². The molecule has 1 rings (SSSR count). The molecule has 0 radical (unpaired) electrons. The molecular weight excluding hydrogens is 216 g/mol. The Morgan fingerprint density at radius 2 is 2.18 bits per heavy atom. The highest BCUT2D eigenvalue weighted by Gasteiger charge is 2.31. The molecule has 1 aliphatic heterocycles. The zero-order chi connectivity index (χ0) is 12.8. The predicted molar refractivity (Wildman–Crippen MR) is 68.7 cm³/mol. The van der Waals surface area contributed by atoms with Gasteiger partial charge in [0.15, 0.2) is 0 Å². The third-order valence-corrected chi connectivity index (χ3v) is 3.53. The number of nitrogens with zero attached hydrogens (tertiary/aromatic N) is 1. The lowest BCUT2D eigenvalue weighted by Crippen LogP contribution is -2.48. The van der Waals surface area contributed by atoms with Crippen molar-refractivity contribution in [2.24, 2.45) is 5.92 Å². The topological polar surface area (TPSA) is 52.6 Å². The van der Waals surface area contributed by atoms with Gasteiger partial charge in [-0.25, -0.2) is 0 Å². The van der Waals surface area contributed by atoms with Crippen LogP contribution in [0.2, 0.25) is 0 Å². The number of amides is 1. The number of likely N-dealkylation sites (tertiary alicyclic amines) is 1. The lowest BCUT2D eigenvalue weighted by Gasteiger charge is -2.28. The monoisotopic (exact) mass is 242 g/mol. The molecule has 17 heavy (non-hydrogen) atoms. The molecule has 2 N–H and O–H groups in total. The molecule has 4 nitrogen and oxygen atoms in total. The van der Waals surface area contributed by atoms with Crippen LogP contribution in [0.25, 0.3) is 0 Å². The van der Waals surface area contributed by atoms with Gasteiger partial charge in [-0.2, -0.15) is 0 Å². The third-order valence-electron chi connectivity index (χ3n) is 3.53. The van der Waals surface area contributed by atoms with Gasteiger partial charge in [0, 0.05) is 12.6 Å². The Hall–Kier alpha value is -0.610. The predicted octanol–water partition coefficient (Wildman–Crippen LogP) is 0.994.